The van der Waals surface area contributed by atoms with Gasteiger partial charge in [-0.3, -0.25) is 0 Å². The summed E-state index contributed by atoms with van der Waals surface area (Å²) in [6.45, 7) is 3.26. The lowest BCUT2D eigenvalue weighted by Gasteiger charge is -2.19. The van der Waals surface area contributed by atoms with Gasteiger partial charge in [0.1, 0.15) is 0 Å². The highest BCUT2D eigenvalue weighted by molar-refractivity contribution is 9.10. The van der Waals surface area contributed by atoms with Gasteiger partial charge in [-0.15, -0.1) is 0 Å². The molecule has 1 rings (SSSR count). The Morgan fingerprint density at radius 3 is 2.43 bits per heavy atom. The van der Waals surface area contributed by atoms with Crippen molar-refractivity contribution in [1.29, 1.82) is 0 Å². The Hall–Kier alpha value is -0.610. The highest BCUT2D eigenvalue weighted by Gasteiger charge is 2.20. The van der Waals surface area contributed by atoms with E-state index in [2.05, 4.69) is 15.9 Å². The highest BCUT2D eigenvalue weighted by atomic mass is 79.9. The SMILES string of the molecule is COc1cc(C(C)(C)O)cc(Br)c1F. The molecule has 0 spiro atoms. The molecule has 0 aliphatic heterocycles. The molecular weight excluding hydrogens is 251 g/mol. The van der Waals surface area contributed by atoms with Crippen LogP contribution in [0.1, 0.15) is 19.4 Å². The molecule has 4 heteroatoms. The fraction of sp³-hybridized carbons (Fsp3) is 0.400. The fourth-order valence-corrected chi connectivity index (χ4v) is 1.51. The minimum Gasteiger partial charge on any atom is -0.494 e. The van der Waals surface area contributed by atoms with Crippen LogP contribution in [-0.4, -0.2) is 12.2 Å². The number of ether oxygens (including phenoxy) is 1. The van der Waals surface area contributed by atoms with Crippen LogP contribution < -0.4 is 4.74 Å². The van der Waals surface area contributed by atoms with Gasteiger partial charge in [-0.1, -0.05) is 0 Å². The van der Waals surface area contributed by atoms with Gasteiger partial charge in [0.05, 0.1) is 17.2 Å². The van der Waals surface area contributed by atoms with Crippen molar-refractivity contribution in [2.24, 2.45) is 0 Å². The topological polar surface area (TPSA) is 29.5 Å². The molecule has 78 valence electrons. The molecule has 0 aromatic heterocycles. The standard InChI is InChI=1S/C10H12BrFO2/c1-10(2,13)6-4-7(11)9(12)8(5-6)14-3/h4-5,13H,1-3H3. The van der Waals surface area contributed by atoms with Crippen LogP contribution in [-0.2, 0) is 5.60 Å². The summed E-state index contributed by atoms with van der Waals surface area (Å²) in [4.78, 5) is 0. The molecule has 0 fully saturated rings. The number of methoxy groups -OCH3 is 1. The van der Waals surface area contributed by atoms with Crippen LogP contribution in [0.25, 0.3) is 0 Å². The first-order chi connectivity index (χ1) is 6.36. The Morgan fingerprint density at radius 1 is 1.43 bits per heavy atom. The number of hydrogen-bond acceptors (Lipinski definition) is 2. The third-order valence-corrected chi connectivity index (χ3v) is 2.50. The second kappa shape index (κ2) is 3.87. The van der Waals surface area contributed by atoms with Gasteiger partial charge < -0.3 is 9.84 Å². The molecular formula is C10H12BrFO2. The molecule has 0 unspecified atom stereocenters. The zero-order chi connectivity index (χ0) is 10.9. The van der Waals surface area contributed by atoms with Crippen LogP contribution in [0.4, 0.5) is 4.39 Å². The number of rotatable bonds is 2. The molecule has 1 N–H and O–H groups in total. The third kappa shape index (κ3) is 2.25. The van der Waals surface area contributed by atoms with E-state index in [1.54, 1.807) is 13.8 Å². The van der Waals surface area contributed by atoms with Crippen LogP contribution in [0.2, 0.25) is 0 Å². The van der Waals surface area contributed by atoms with E-state index < -0.39 is 11.4 Å². The summed E-state index contributed by atoms with van der Waals surface area (Å²) >= 11 is 3.06. The lowest BCUT2D eigenvalue weighted by Crippen LogP contribution is -2.15. The summed E-state index contributed by atoms with van der Waals surface area (Å²) in [7, 11) is 1.39. The maximum atomic E-state index is 13.3. The average molecular weight is 263 g/mol. The molecule has 0 amide bonds. The van der Waals surface area contributed by atoms with Crippen molar-refractivity contribution in [3.8, 4) is 5.75 Å². The molecule has 0 aliphatic rings. The molecule has 0 atom stereocenters. The Bertz CT molecular complexity index is 345. The molecule has 0 heterocycles. The monoisotopic (exact) mass is 262 g/mol. The molecule has 14 heavy (non-hydrogen) atoms. The molecule has 0 saturated heterocycles. The zero-order valence-electron chi connectivity index (χ0n) is 8.27. The molecule has 0 saturated carbocycles. The summed E-state index contributed by atoms with van der Waals surface area (Å²) < 4.78 is 18.4. The molecule has 1 aromatic rings. The quantitative estimate of drug-likeness (QED) is 0.889. The van der Waals surface area contributed by atoms with Gasteiger partial charge in [0.25, 0.3) is 0 Å². The van der Waals surface area contributed by atoms with Gasteiger partial charge in [0, 0.05) is 0 Å². The summed E-state index contributed by atoms with van der Waals surface area (Å²) in [6, 6.07) is 3.03. The lowest BCUT2D eigenvalue weighted by atomic mass is 9.98. The van der Waals surface area contributed by atoms with Crippen molar-refractivity contribution in [3.05, 3.63) is 28.0 Å². The normalized spacial score (nSPS) is 11.6. The minimum atomic E-state index is -1.01. The van der Waals surface area contributed by atoms with Crippen LogP contribution in [0, 0.1) is 5.82 Å². The van der Waals surface area contributed by atoms with Gasteiger partial charge in [0.2, 0.25) is 0 Å². The third-order valence-electron chi connectivity index (χ3n) is 1.92. The fourth-order valence-electron chi connectivity index (χ4n) is 1.07. The van der Waals surface area contributed by atoms with E-state index in [4.69, 9.17) is 4.74 Å². The number of aliphatic hydroxyl groups is 1. The molecule has 0 aliphatic carbocycles. The maximum Gasteiger partial charge on any atom is 0.179 e. The Kier molecular flexibility index (Phi) is 3.17. The Labute approximate surface area is 90.8 Å². The van der Waals surface area contributed by atoms with Crippen LogP contribution >= 0.6 is 15.9 Å². The maximum absolute atomic E-state index is 13.3. The van der Waals surface area contributed by atoms with Crippen molar-refractivity contribution < 1.29 is 14.2 Å². The van der Waals surface area contributed by atoms with E-state index in [1.807, 2.05) is 0 Å². The van der Waals surface area contributed by atoms with E-state index in [0.717, 1.165) is 0 Å². The highest BCUT2D eigenvalue weighted by Crippen LogP contribution is 2.31. The van der Waals surface area contributed by atoms with Gasteiger partial charge in [0.15, 0.2) is 11.6 Å². The van der Waals surface area contributed by atoms with Crippen molar-refractivity contribution in [2.45, 2.75) is 19.4 Å². The zero-order valence-corrected chi connectivity index (χ0v) is 9.85. The van der Waals surface area contributed by atoms with Gasteiger partial charge in [-0.2, -0.15) is 0 Å². The molecule has 2 nitrogen and oxygen atoms in total. The first kappa shape index (κ1) is 11.5. The van der Waals surface area contributed by atoms with Crippen LogP contribution in [0.15, 0.2) is 16.6 Å². The predicted octanol–water partition coefficient (Wildman–Crippen LogP) is 2.82. The van der Waals surface area contributed by atoms with Gasteiger partial charge in [-0.05, 0) is 47.5 Å². The van der Waals surface area contributed by atoms with Gasteiger partial charge in [-0.25, -0.2) is 4.39 Å². The van der Waals surface area contributed by atoms with E-state index >= 15 is 0 Å². The van der Waals surface area contributed by atoms with E-state index in [0.29, 0.717) is 5.56 Å². The minimum absolute atomic E-state index is 0.122. The summed E-state index contributed by atoms with van der Waals surface area (Å²) in [5, 5.41) is 9.73. The van der Waals surface area contributed by atoms with Crippen molar-refractivity contribution in [1.82, 2.24) is 0 Å². The predicted molar refractivity (Wildman–Crippen MR) is 55.9 cm³/mol. The molecule has 0 radical (unpaired) electrons. The van der Waals surface area contributed by atoms with Crippen molar-refractivity contribution >= 4 is 15.9 Å². The first-order valence-corrected chi connectivity index (χ1v) is 4.91. The first-order valence-electron chi connectivity index (χ1n) is 4.12. The summed E-state index contributed by atoms with van der Waals surface area (Å²) in [5.74, 6) is -0.336. The molecule has 1 aromatic carbocycles. The van der Waals surface area contributed by atoms with E-state index in [-0.39, 0.29) is 10.2 Å². The van der Waals surface area contributed by atoms with Crippen molar-refractivity contribution in [2.75, 3.05) is 7.11 Å². The number of benzene rings is 1. The lowest BCUT2D eigenvalue weighted by molar-refractivity contribution is 0.0781. The van der Waals surface area contributed by atoms with E-state index in [9.17, 15) is 9.50 Å². The van der Waals surface area contributed by atoms with Crippen LogP contribution in [0.5, 0.6) is 5.75 Å². The molecule has 0 bridgehead atoms. The second-order valence-electron chi connectivity index (χ2n) is 3.53. The average Bonchev–Trinajstić information content (AvgIpc) is 2.07. The number of halogens is 2. The van der Waals surface area contributed by atoms with Crippen molar-refractivity contribution in [3.63, 3.8) is 0 Å². The second-order valence-corrected chi connectivity index (χ2v) is 4.39. The number of hydrogen-bond donors (Lipinski definition) is 1. The van der Waals surface area contributed by atoms with Crippen LogP contribution in [0.3, 0.4) is 0 Å². The van der Waals surface area contributed by atoms with Gasteiger partial charge >= 0.3 is 0 Å². The Balaban J connectivity index is 3.30. The smallest absolute Gasteiger partial charge is 0.179 e. The summed E-state index contributed by atoms with van der Waals surface area (Å²) in [5.41, 5.74) is -0.411. The van der Waals surface area contributed by atoms with E-state index in [1.165, 1.54) is 19.2 Å². The Morgan fingerprint density at radius 2 is 2.00 bits per heavy atom. The summed E-state index contributed by atoms with van der Waals surface area (Å²) in [6.07, 6.45) is 0. The largest absolute Gasteiger partial charge is 0.494 e.